The number of rotatable bonds is 5. The zero-order valence-corrected chi connectivity index (χ0v) is 14.7. The number of nitrogens with zero attached hydrogens (tertiary/aromatic N) is 3. The molecule has 0 saturated heterocycles. The van der Waals surface area contributed by atoms with E-state index in [1.807, 2.05) is 42.5 Å². The van der Waals surface area contributed by atoms with Gasteiger partial charge in [-0.3, -0.25) is 9.89 Å². The number of H-pyrrole nitrogens is 2. The maximum Gasteiger partial charge on any atom is 0.258 e. The third-order valence-corrected chi connectivity index (χ3v) is 4.69. The summed E-state index contributed by atoms with van der Waals surface area (Å²) in [5.41, 5.74) is 1.46. The van der Waals surface area contributed by atoms with Crippen molar-refractivity contribution in [2.45, 2.75) is 10.9 Å². The zero-order chi connectivity index (χ0) is 17.9. The lowest BCUT2D eigenvalue weighted by Crippen LogP contribution is -2.11. The van der Waals surface area contributed by atoms with Crippen LogP contribution in [0.4, 0.5) is 0 Å². The average Bonchev–Trinajstić information content (AvgIpc) is 3.15. The van der Waals surface area contributed by atoms with Crippen LogP contribution in [0.25, 0.3) is 22.3 Å². The molecule has 0 radical (unpaired) electrons. The van der Waals surface area contributed by atoms with Gasteiger partial charge in [-0.05, 0) is 36.4 Å². The Morgan fingerprint density at radius 3 is 2.69 bits per heavy atom. The first kappa shape index (κ1) is 16.3. The van der Waals surface area contributed by atoms with E-state index in [0.717, 1.165) is 11.3 Å². The fourth-order valence-electron chi connectivity index (χ4n) is 2.53. The van der Waals surface area contributed by atoms with Crippen LogP contribution in [0.15, 0.2) is 58.5 Å². The van der Waals surface area contributed by atoms with Crippen LogP contribution in [0.1, 0.15) is 5.82 Å². The third-order valence-electron chi connectivity index (χ3n) is 3.83. The van der Waals surface area contributed by atoms with Crippen LogP contribution >= 0.6 is 11.8 Å². The van der Waals surface area contributed by atoms with Crippen molar-refractivity contribution in [2.75, 3.05) is 7.11 Å². The summed E-state index contributed by atoms with van der Waals surface area (Å²) in [5.74, 6) is 2.53. The van der Waals surface area contributed by atoms with Crippen molar-refractivity contribution in [1.82, 2.24) is 25.1 Å². The summed E-state index contributed by atoms with van der Waals surface area (Å²) in [6, 6.07) is 14.8. The van der Waals surface area contributed by atoms with Gasteiger partial charge in [0.05, 0.1) is 23.8 Å². The van der Waals surface area contributed by atoms with E-state index in [0.29, 0.717) is 33.5 Å². The van der Waals surface area contributed by atoms with Crippen LogP contribution < -0.4 is 10.3 Å². The summed E-state index contributed by atoms with van der Waals surface area (Å²) in [7, 11) is 1.63. The number of nitrogens with one attached hydrogen (secondary N) is 2. The number of aromatic amines is 2. The van der Waals surface area contributed by atoms with Crippen LogP contribution in [-0.2, 0) is 5.75 Å². The Bertz CT molecular complexity index is 1100. The normalized spacial score (nSPS) is 11.0. The second-order valence-electron chi connectivity index (χ2n) is 5.51. The van der Waals surface area contributed by atoms with Gasteiger partial charge in [0.15, 0.2) is 5.82 Å². The molecule has 0 saturated carbocycles. The van der Waals surface area contributed by atoms with Crippen molar-refractivity contribution < 1.29 is 4.74 Å². The van der Waals surface area contributed by atoms with Gasteiger partial charge in [0.2, 0.25) is 5.16 Å². The van der Waals surface area contributed by atoms with Gasteiger partial charge in [-0.2, -0.15) is 0 Å². The molecule has 0 amide bonds. The average molecular weight is 365 g/mol. The van der Waals surface area contributed by atoms with E-state index >= 15 is 0 Å². The van der Waals surface area contributed by atoms with Crippen molar-refractivity contribution in [2.24, 2.45) is 0 Å². The van der Waals surface area contributed by atoms with Crippen molar-refractivity contribution in [3.63, 3.8) is 0 Å². The third kappa shape index (κ3) is 3.31. The van der Waals surface area contributed by atoms with Crippen LogP contribution in [0.2, 0.25) is 0 Å². The minimum atomic E-state index is -0.139. The molecule has 0 bridgehead atoms. The molecule has 130 valence electrons. The Labute approximate surface area is 152 Å². The molecule has 0 aliphatic rings. The fraction of sp³-hybridized carbons (Fsp3) is 0.111. The topological polar surface area (TPSA) is 96.6 Å². The molecule has 8 heteroatoms. The lowest BCUT2D eigenvalue weighted by molar-refractivity contribution is 0.415. The standard InChI is InChI=1S/C18H15N5O2S/c1-25-12-8-6-11(7-9-12)16-21-18(23-22-16)26-10-15-19-14-5-3-2-4-13(14)17(24)20-15/h2-9H,10H2,1H3,(H,19,20,24)(H,21,22,23). The van der Waals surface area contributed by atoms with E-state index in [9.17, 15) is 4.79 Å². The van der Waals surface area contributed by atoms with Crippen molar-refractivity contribution in [1.29, 1.82) is 0 Å². The maximum atomic E-state index is 12.1. The molecule has 2 heterocycles. The molecule has 4 rings (SSSR count). The molecule has 2 aromatic heterocycles. The van der Waals surface area contributed by atoms with Gasteiger partial charge in [-0.25, -0.2) is 9.97 Å². The number of fused-ring (bicyclic) bond motifs is 1. The largest absolute Gasteiger partial charge is 0.497 e. The molecular formula is C18H15N5O2S. The van der Waals surface area contributed by atoms with E-state index in [-0.39, 0.29) is 5.56 Å². The quantitative estimate of drug-likeness (QED) is 0.528. The second kappa shape index (κ2) is 7.01. The number of ether oxygens (including phenoxy) is 1. The number of para-hydroxylation sites is 1. The molecule has 2 N–H and O–H groups in total. The molecule has 4 aromatic rings. The van der Waals surface area contributed by atoms with Crippen LogP contribution in [0, 0.1) is 0 Å². The summed E-state index contributed by atoms with van der Waals surface area (Å²) in [5, 5.41) is 8.31. The van der Waals surface area contributed by atoms with E-state index < -0.39 is 0 Å². The Balaban J connectivity index is 1.50. The molecular weight excluding hydrogens is 350 g/mol. The molecule has 2 aromatic carbocycles. The summed E-state index contributed by atoms with van der Waals surface area (Å²) >= 11 is 1.40. The summed E-state index contributed by atoms with van der Waals surface area (Å²) in [6.07, 6.45) is 0. The minimum Gasteiger partial charge on any atom is -0.497 e. The molecule has 0 atom stereocenters. The van der Waals surface area contributed by atoms with Crippen LogP contribution in [-0.4, -0.2) is 32.3 Å². The van der Waals surface area contributed by atoms with Gasteiger partial charge in [-0.15, -0.1) is 5.10 Å². The van der Waals surface area contributed by atoms with Crippen LogP contribution in [0.5, 0.6) is 5.75 Å². The summed E-state index contributed by atoms with van der Waals surface area (Å²) < 4.78 is 5.15. The molecule has 0 aliphatic heterocycles. The van der Waals surface area contributed by atoms with Gasteiger partial charge in [-0.1, -0.05) is 23.9 Å². The number of hydrogen-bond donors (Lipinski definition) is 2. The minimum absolute atomic E-state index is 0.139. The SMILES string of the molecule is COc1ccc(-c2nc(SCc3nc4ccccc4c(=O)[nH]3)n[nH]2)cc1. The van der Waals surface area contributed by atoms with Crippen molar-refractivity contribution >= 4 is 22.7 Å². The maximum absolute atomic E-state index is 12.1. The van der Waals surface area contributed by atoms with Gasteiger partial charge in [0.25, 0.3) is 5.56 Å². The number of methoxy groups -OCH3 is 1. The predicted molar refractivity (Wildman–Crippen MR) is 100 cm³/mol. The van der Waals surface area contributed by atoms with E-state index in [1.54, 1.807) is 13.2 Å². The summed E-state index contributed by atoms with van der Waals surface area (Å²) in [6.45, 7) is 0. The highest BCUT2D eigenvalue weighted by molar-refractivity contribution is 7.98. The molecule has 0 fully saturated rings. The Morgan fingerprint density at radius 1 is 1.08 bits per heavy atom. The molecule has 0 spiro atoms. The monoisotopic (exact) mass is 365 g/mol. The predicted octanol–water partition coefficient (Wildman–Crippen LogP) is 3.01. The van der Waals surface area contributed by atoms with Crippen molar-refractivity contribution in [3.05, 3.63) is 64.7 Å². The number of aromatic nitrogens is 5. The second-order valence-corrected chi connectivity index (χ2v) is 6.46. The number of thioether (sulfide) groups is 1. The first-order valence-electron chi connectivity index (χ1n) is 7.90. The lowest BCUT2D eigenvalue weighted by Gasteiger charge is -2.01. The molecule has 26 heavy (non-hydrogen) atoms. The summed E-state index contributed by atoms with van der Waals surface area (Å²) in [4.78, 5) is 23.9. The first-order valence-corrected chi connectivity index (χ1v) is 8.89. The van der Waals surface area contributed by atoms with E-state index in [1.165, 1.54) is 11.8 Å². The van der Waals surface area contributed by atoms with Gasteiger partial charge < -0.3 is 9.72 Å². The highest BCUT2D eigenvalue weighted by Gasteiger charge is 2.09. The molecule has 7 nitrogen and oxygen atoms in total. The first-order chi connectivity index (χ1) is 12.7. The van der Waals surface area contributed by atoms with E-state index in [4.69, 9.17) is 4.74 Å². The Morgan fingerprint density at radius 2 is 1.88 bits per heavy atom. The molecule has 0 unspecified atom stereocenters. The van der Waals surface area contributed by atoms with Gasteiger partial charge in [0.1, 0.15) is 11.6 Å². The Hall–Kier alpha value is -3.13. The Kier molecular flexibility index (Phi) is 4.40. The number of hydrogen-bond acceptors (Lipinski definition) is 6. The van der Waals surface area contributed by atoms with Crippen molar-refractivity contribution in [3.8, 4) is 17.1 Å². The lowest BCUT2D eigenvalue weighted by atomic mass is 10.2. The highest BCUT2D eigenvalue weighted by atomic mass is 32.2. The fourth-order valence-corrected chi connectivity index (χ4v) is 3.19. The molecule has 0 aliphatic carbocycles. The van der Waals surface area contributed by atoms with E-state index in [2.05, 4.69) is 25.1 Å². The van der Waals surface area contributed by atoms with Crippen LogP contribution in [0.3, 0.4) is 0 Å². The number of benzene rings is 2. The van der Waals surface area contributed by atoms with Gasteiger partial charge >= 0.3 is 0 Å². The van der Waals surface area contributed by atoms with Gasteiger partial charge in [0, 0.05) is 5.56 Å². The highest BCUT2D eigenvalue weighted by Crippen LogP contribution is 2.23. The zero-order valence-electron chi connectivity index (χ0n) is 13.9. The smallest absolute Gasteiger partial charge is 0.258 e.